The molecule has 3 rings (SSSR count). The number of pyridine rings is 1. The largest absolute Gasteiger partial charge is 0.369 e. The molecule has 1 fully saturated rings. The Balaban J connectivity index is 1.86. The molecule has 0 saturated carbocycles. The summed E-state index contributed by atoms with van der Waals surface area (Å²) in [6, 6.07) is 1.40. The molecule has 9 nitrogen and oxygen atoms in total. The predicted molar refractivity (Wildman–Crippen MR) is 80.8 cm³/mol. The van der Waals surface area contributed by atoms with Crippen molar-refractivity contribution < 1.29 is 9.59 Å². The lowest BCUT2D eigenvalue weighted by Gasteiger charge is -2.30. The van der Waals surface area contributed by atoms with Crippen molar-refractivity contribution >= 4 is 22.8 Å². The lowest BCUT2D eigenvalue weighted by Crippen LogP contribution is -2.41. The van der Waals surface area contributed by atoms with Gasteiger partial charge in [0.25, 0.3) is 11.5 Å². The minimum atomic E-state index is -0.650. The second-order valence-corrected chi connectivity index (χ2v) is 5.50. The fourth-order valence-corrected chi connectivity index (χ4v) is 2.71. The number of aromatic amines is 2. The molecule has 1 saturated heterocycles. The maximum absolute atomic E-state index is 12.5. The number of aromatic nitrogens is 3. The van der Waals surface area contributed by atoms with Crippen LogP contribution in [0.2, 0.25) is 0 Å². The van der Waals surface area contributed by atoms with E-state index in [1.54, 1.807) is 4.90 Å². The van der Waals surface area contributed by atoms with Crippen molar-refractivity contribution in [1.29, 1.82) is 0 Å². The minimum absolute atomic E-state index is 0.128. The van der Waals surface area contributed by atoms with Crippen molar-refractivity contribution in [1.82, 2.24) is 19.9 Å². The minimum Gasteiger partial charge on any atom is -0.369 e. The van der Waals surface area contributed by atoms with Crippen molar-refractivity contribution in [3.8, 4) is 0 Å². The lowest BCUT2D eigenvalue weighted by atomic mass is 9.96. The topological polar surface area (TPSA) is 142 Å². The van der Waals surface area contributed by atoms with Gasteiger partial charge in [-0.2, -0.15) is 0 Å². The van der Waals surface area contributed by atoms with Gasteiger partial charge >= 0.3 is 5.69 Å². The molecule has 3 heterocycles. The predicted octanol–water partition coefficient (Wildman–Crippen LogP) is -1.05. The molecule has 0 atom stereocenters. The molecule has 0 spiro atoms. The molecule has 2 aromatic heterocycles. The second-order valence-electron chi connectivity index (χ2n) is 5.50. The SMILES string of the molecule is NC(=O)C1CCN(C(=O)c2cnc3[nH]c(=O)[nH]c(=O)c3c2)CC1. The first-order chi connectivity index (χ1) is 11.0. The first-order valence-corrected chi connectivity index (χ1v) is 7.16. The third kappa shape index (κ3) is 2.85. The number of nitrogens with two attached hydrogens (primary N) is 1. The third-order valence-electron chi connectivity index (χ3n) is 4.02. The van der Waals surface area contributed by atoms with E-state index in [1.165, 1.54) is 12.3 Å². The zero-order valence-corrected chi connectivity index (χ0v) is 12.2. The number of hydrogen-bond acceptors (Lipinski definition) is 5. The number of nitrogens with one attached hydrogen (secondary N) is 2. The van der Waals surface area contributed by atoms with Crippen LogP contribution in [-0.4, -0.2) is 44.8 Å². The molecule has 0 bridgehead atoms. The first kappa shape index (κ1) is 14.9. The van der Waals surface area contributed by atoms with Gasteiger partial charge in [-0.25, -0.2) is 9.78 Å². The summed E-state index contributed by atoms with van der Waals surface area (Å²) >= 11 is 0. The first-order valence-electron chi connectivity index (χ1n) is 7.16. The van der Waals surface area contributed by atoms with E-state index in [0.717, 1.165) is 0 Å². The molecule has 1 aliphatic heterocycles. The highest BCUT2D eigenvalue weighted by Crippen LogP contribution is 2.19. The smallest absolute Gasteiger partial charge is 0.327 e. The molecule has 4 N–H and O–H groups in total. The van der Waals surface area contributed by atoms with Crippen LogP contribution in [0.3, 0.4) is 0 Å². The van der Waals surface area contributed by atoms with E-state index in [0.29, 0.717) is 25.9 Å². The van der Waals surface area contributed by atoms with Crippen LogP contribution >= 0.6 is 0 Å². The van der Waals surface area contributed by atoms with Gasteiger partial charge in [-0.1, -0.05) is 0 Å². The molecule has 23 heavy (non-hydrogen) atoms. The van der Waals surface area contributed by atoms with E-state index in [4.69, 9.17) is 5.73 Å². The van der Waals surface area contributed by atoms with Crippen LogP contribution in [0, 0.1) is 5.92 Å². The third-order valence-corrected chi connectivity index (χ3v) is 4.02. The van der Waals surface area contributed by atoms with Crippen LogP contribution in [0.1, 0.15) is 23.2 Å². The highest BCUT2D eigenvalue weighted by molar-refractivity contribution is 5.96. The highest BCUT2D eigenvalue weighted by Gasteiger charge is 2.26. The average Bonchev–Trinajstić information content (AvgIpc) is 2.54. The van der Waals surface area contributed by atoms with Crippen molar-refractivity contribution in [2.45, 2.75) is 12.8 Å². The fourth-order valence-electron chi connectivity index (χ4n) is 2.71. The molecule has 0 unspecified atom stereocenters. The Bertz CT molecular complexity index is 892. The number of primary amides is 1. The normalized spacial score (nSPS) is 15.7. The van der Waals surface area contributed by atoms with Crippen LogP contribution in [0.25, 0.3) is 11.0 Å². The molecule has 1 aliphatic rings. The maximum Gasteiger partial charge on any atom is 0.327 e. The molecular formula is C14H15N5O4. The molecular weight excluding hydrogens is 302 g/mol. The van der Waals surface area contributed by atoms with Gasteiger partial charge in [-0.15, -0.1) is 0 Å². The van der Waals surface area contributed by atoms with Crippen LogP contribution in [-0.2, 0) is 4.79 Å². The summed E-state index contributed by atoms with van der Waals surface area (Å²) in [5, 5.41) is 0.141. The van der Waals surface area contributed by atoms with E-state index >= 15 is 0 Å². The fraction of sp³-hybridized carbons (Fsp3) is 0.357. The Morgan fingerprint density at radius 1 is 1.22 bits per heavy atom. The summed E-state index contributed by atoms with van der Waals surface area (Å²) in [6.45, 7) is 0.846. The van der Waals surface area contributed by atoms with Crippen LogP contribution in [0.5, 0.6) is 0 Å². The van der Waals surface area contributed by atoms with Crippen molar-refractivity contribution in [2.75, 3.05) is 13.1 Å². The summed E-state index contributed by atoms with van der Waals surface area (Å²) in [6.07, 6.45) is 2.37. The molecule has 2 amide bonds. The summed E-state index contributed by atoms with van der Waals surface area (Å²) in [7, 11) is 0. The lowest BCUT2D eigenvalue weighted by molar-refractivity contribution is -0.123. The molecule has 0 radical (unpaired) electrons. The van der Waals surface area contributed by atoms with Gasteiger partial charge in [0.2, 0.25) is 5.91 Å². The Morgan fingerprint density at radius 3 is 2.57 bits per heavy atom. The Hall–Kier alpha value is -2.97. The number of H-pyrrole nitrogens is 2. The van der Waals surface area contributed by atoms with E-state index in [1.807, 2.05) is 0 Å². The number of fused-ring (bicyclic) bond motifs is 1. The number of likely N-dealkylation sites (tertiary alicyclic amines) is 1. The van der Waals surface area contributed by atoms with Gasteiger partial charge in [0.1, 0.15) is 5.65 Å². The van der Waals surface area contributed by atoms with Gasteiger partial charge in [-0.05, 0) is 18.9 Å². The van der Waals surface area contributed by atoms with E-state index in [9.17, 15) is 19.2 Å². The highest BCUT2D eigenvalue weighted by atomic mass is 16.2. The number of carbonyl (C=O) groups excluding carboxylic acids is 2. The van der Waals surface area contributed by atoms with Gasteiger partial charge < -0.3 is 10.6 Å². The Kier molecular flexibility index (Phi) is 3.68. The maximum atomic E-state index is 12.5. The Morgan fingerprint density at radius 2 is 1.91 bits per heavy atom. The summed E-state index contributed by atoms with van der Waals surface area (Å²) < 4.78 is 0. The Labute approximate surface area is 129 Å². The molecule has 9 heteroatoms. The second kappa shape index (κ2) is 5.67. The summed E-state index contributed by atoms with van der Waals surface area (Å²) in [5.74, 6) is -0.824. The molecule has 120 valence electrons. The van der Waals surface area contributed by atoms with E-state index in [2.05, 4.69) is 15.0 Å². The molecule has 0 aromatic carbocycles. The monoisotopic (exact) mass is 317 g/mol. The number of carbonyl (C=O) groups is 2. The van der Waals surface area contributed by atoms with E-state index < -0.39 is 11.2 Å². The summed E-state index contributed by atoms with van der Waals surface area (Å²) in [5.41, 5.74) is 4.41. The number of amides is 2. The average molecular weight is 317 g/mol. The quantitative estimate of drug-likeness (QED) is 0.647. The van der Waals surface area contributed by atoms with E-state index in [-0.39, 0.29) is 34.3 Å². The van der Waals surface area contributed by atoms with Crippen molar-refractivity contribution in [3.63, 3.8) is 0 Å². The van der Waals surface area contributed by atoms with Crippen molar-refractivity contribution in [3.05, 3.63) is 38.7 Å². The number of hydrogen-bond donors (Lipinski definition) is 3. The van der Waals surface area contributed by atoms with Gasteiger partial charge in [-0.3, -0.25) is 24.4 Å². The number of rotatable bonds is 2. The zero-order chi connectivity index (χ0) is 16.6. The van der Waals surface area contributed by atoms with Gasteiger partial charge in [0, 0.05) is 25.2 Å². The number of piperidine rings is 1. The van der Waals surface area contributed by atoms with Crippen LogP contribution < -0.4 is 17.0 Å². The zero-order valence-electron chi connectivity index (χ0n) is 12.2. The van der Waals surface area contributed by atoms with Gasteiger partial charge in [0.05, 0.1) is 10.9 Å². The molecule has 0 aliphatic carbocycles. The molecule has 2 aromatic rings. The van der Waals surface area contributed by atoms with Gasteiger partial charge in [0.15, 0.2) is 0 Å². The number of nitrogens with zero attached hydrogens (tertiary/aromatic N) is 2. The summed E-state index contributed by atoms with van der Waals surface area (Å²) in [4.78, 5) is 56.7. The van der Waals surface area contributed by atoms with Crippen LogP contribution in [0.15, 0.2) is 21.9 Å². The standard InChI is InChI=1S/C14H15N5O4/c15-10(20)7-1-3-19(4-2-7)13(22)8-5-9-11(16-6-8)17-14(23)18-12(9)21/h5-7H,1-4H2,(H2,15,20)(H2,16,17,18,21,23). The van der Waals surface area contributed by atoms with Crippen molar-refractivity contribution in [2.24, 2.45) is 11.7 Å². The van der Waals surface area contributed by atoms with Crippen LogP contribution in [0.4, 0.5) is 0 Å².